The monoisotopic (exact) mass is 312 g/mol. The molecule has 0 spiro atoms. The number of aryl methyl sites for hydroxylation is 1. The van der Waals surface area contributed by atoms with Crippen molar-refractivity contribution < 1.29 is 14.3 Å². The van der Waals surface area contributed by atoms with Crippen LogP contribution in [0.4, 0.5) is 11.4 Å². The topological polar surface area (TPSA) is 58.6 Å². The van der Waals surface area contributed by atoms with Crippen molar-refractivity contribution in [3.8, 4) is 0 Å². The summed E-state index contributed by atoms with van der Waals surface area (Å²) in [6.45, 7) is 1.65. The molecule has 0 saturated carbocycles. The lowest BCUT2D eigenvalue weighted by Gasteiger charge is -2.13. The van der Waals surface area contributed by atoms with Crippen LogP contribution in [-0.2, 0) is 9.53 Å². The quantitative estimate of drug-likeness (QED) is 0.863. The number of ether oxygens (including phenoxy) is 1. The molecule has 0 saturated heterocycles. The molecule has 0 atom stereocenters. The highest BCUT2D eigenvalue weighted by molar-refractivity contribution is 5.95. The maximum Gasteiger partial charge on any atom is 0.338 e. The fourth-order valence-corrected chi connectivity index (χ4v) is 1.96. The first-order chi connectivity index (χ1) is 11.0. The molecule has 0 unspecified atom stereocenters. The minimum atomic E-state index is -0.521. The third-order valence-corrected chi connectivity index (χ3v) is 3.27. The van der Waals surface area contributed by atoms with E-state index < -0.39 is 5.97 Å². The van der Waals surface area contributed by atoms with Crippen molar-refractivity contribution in [3.05, 3.63) is 59.7 Å². The molecular weight excluding hydrogens is 292 g/mol. The Morgan fingerprint density at radius 1 is 1.09 bits per heavy atom. The summed E-state index contributed by atoms with van der Waals surface area (Å²) in [6.07, 6.45) is 0. The van der Waals surface area contributed by atoms with Gasteiger partial charge in [0, 0.05) is 25.5 Å². The molecule has 0 aliphatic carbocycles. The van der Waals surface area contributed by atoms with Gasteiger partial charge in [0.2, 0.25) is 0 Å². The molecule has 2 aromatic carbocycles. The SMILES string of the molecule is Cc1ccc(NC(=O)COC(=O)c2cccc(N(C)C)c2)cc1. The van der Waals surface area contributed by atoms with Gasteiger partial charge in [0.05, 0.1) is 5.56 Å². The second-order valence-electron chi connectivity index (χ2n) is 5.44. The van der Waals surface area contributed by atoms with E-state index in [9.17, 15) is 9.59 Å². The summed E-state index contributed by atoms with van der Waals surface area (Å²) < 4.78 is 5.05. The Labute approximate surface area is 135 Å². The van der Waals surface area contributed by atoms with Gasteiger partial charge in [0.15, 0.2) is 6.61 Å². The molecule has 1 N–H and O–H groups in total. The third kappa shape index (κ3) is 4.85. The highest BCUT2D eigenvalue weighted by Crippen LogP contribution is 2.14. The Kier molecular flexibility index (Phi) is 5.36. The van der Waals surface area contributed by atoms with Crippen LogP contribution in [0.5, 0.6) is 0 Å². The standard InChI is InChI=1S/C18H20N2O3/c1-13-7-9-15(10-8-13)19-17(21)12-23-18(22)14-5-4-6-16(11-14)20(2)3/h4-11H,12H2,1-3H3,(H,19,21). The predicted molar refractivity (Wildman–Crippen MR) is 90.9 cm³/mol. The van der Waals surface area contributed by atoms with Gasteiger partial charge in [-0.15, -0.1) is 0 Å². The van der Waals surface area contributed by atoms with Gasteiger partial charge in [-0.2, -0.15) is 0 Å². The van der Waals surface area contributed by atoms with Crippen LogP contribution >= 0.6 is 0 Å². The first kappa shape index (κ1) is 16.5. The molecule has 0 aliphatic rings. The van der Waals surface area contributed by atoms with E-state index in [0.717, 1.165) is 11.3 Å². The number of hydrogen-bond donors (Lipinski definition) is 1. The molecule has 5 heteroatoms. The second-order valence-corrected chi connectivity index (χ2v) is 5.44. The number of amides is 1. The minimum Gasteiger partial charge on any atom is -0.452 e. The summed E-state index contributed by atoms with van der Waals surface area (Å²) in [5.41, 5.74) is 3.09. The van der Waals surface area contributed by atoms with Gasteiger partial charge in [0.25, 0.3) is 5.91 Å². The summed E-state index contributed by atoms with van der Waals surface area (Å²) in [5, 5.41) is 2.68. The summed E-state index contributed by atoms with van der Waals surface area (Å²) in [7, 11) is 3.78. The van der Waals surface area contributed by atoms with Crippen molar-refractivity contribution in [2.45, 2.75) is 6.92 Å². The maximum absolute atomic E-state index is 12.0. The Balaban J connectivity index is 1.89. The number of carbonyl (C=O) groups excluding carboxylic acids is 2. The highest BCUT2D eigenvalue weighted by Gasteiger charge is 2.11. The fraction of sp³-hybridized carbons (Fsp3) is 0.222. The van der Waals surface area contributed by atoms with E-state index in [1.54, 1.807) is 30.3 Å². The first-order valence-electron chi connectivity index (χ1n) is 7.27. The summed E-state index contributed by atoms with van der Waals surface area (Å²) >= 11 is 0. The Bertz CT molecular complexity index is 694. The Hall–Kier alpha value is -2.82. The van der Waals surface area contributed by atoms with Crippen LogP contribution in [-0.4, -0.2) is 32.6 Å². The fourth-order valence-electron chi connectivity index (χ4n) is 1.96. The smallest absolute Gasteiger partial charge is 0.338 e. The van der Waals surface area contributed by atoms with Crippen LogP contribution in [0, 0.1) is 6.92 Å². The number of esters is 1. The van der Waals surface area contributed by atoms with E-state index in [4.69, 9.17) is 4.74 Å². The summed E-state index contributed by atoms with van der Waals surface area (Å²) in [4.78, 5) is 25.7. The van der Waals surface area contributed by atoms with E-state index in [-0.39, 0.29) is 12.5 Å². The van der Waals surface area contributed by atoms with Gasteiger partial charge >= 0.3 is 5.97 Å². The number of nitrogens with zero attached hydrogens (tertiary/aromatic N) is 1. The van der Waals surface area contributed by atoms with Crippen molar-refractivity contribution in [1.82, 2.24) is 0 Å². The number of rotatable bonds is 5. The molecule has 0 bridgehead atoms. The zero-order chi connectivity index (χ0) is 16.8. The molecule has 0 aliphatic heterocycles. The second kappa shape index (κ2) is 7.45. The van der Waals surface area contributed by atoms with Crippen LogP contribution < -0.4 is 10.2 Å². The average molecular weight is 312 g/mol. The maximum atomic E-state index is 12.0. The zero-order valence-corrected chi connectivity index (χ0v) is 13.5. The van der Waals surface area contributed by atoms with Gasteiger partial charge in [-0.25, -0.2) is 4.79 Å². The number of nitrogens with one attached hydrogen (secondary N) is 1. The van der Waals surface area contributed by atoms with E-state index in [0.29, 0.717) is 11.3 Å². The van der Waals surface area contributed by atoms with Crippen LogP contribution in [0.15, 0.2) is 48.5 Å². The van der Waals surface area contributed by atoms with Crippen molar-refractivity contribution in [2.75, 3.05) is 30.9 Å². The van der Waals surface area contributed by atoms with E-state index >= 15 is 0 Å². The number of carbonyl (C=O) groups is 2. The van der Waals surface area contributed by atoms with E-state index in [2.05, 4.69) is 5.32 Å². The first-order valence-corrected chi connectivity index (χ1v) is 7.27. The third-order valence-electron chi connectivity index (χ3n) is 3.27. The number of anilines is 2. The zero-order valence-electron chi connectivity index (χ0n) is 13.5. The molecule has 1 amide bonds. The van der Waals surface area contributed by atoms with Crippen LogP contribution in [0.1, 0.15) is 15.9 Å². The van der Waals surface area contributed by atoms with Gasteiger partial charge in [0.1, 0.15) is 0 Å². The number of benzene rings is 2. The summed E-state index contributed by atoms with van der Waals surface area (Å²) in [5.74, 6) is -0.890. The van der Waals surface area contributed by atoms with E-state index in [1.807, 2.05) is 44.1 Å². The van der Waals surface area contributed by atoms with Crippen molar-refractivity contribution in [1.29, 1.82) is 0 Å². The molecule has 23 heavy (non-hydrogen) atoms. The Morgan fingerprint density at radius 2 is 1.78 bits per heavy atom. The highest BCUT2D eigenvalue weighted by atomic mass is 16.5. The predicted octanol–water partition coefficient (Wildman–Crippen LogP) is 2.86. The van der Waals surface area contributed by atoms with Gasteiger partial charge in [-0.1, -0.05) is 23.8 Å². The largest absolute Gasteiger partial charge is 0.452 e. The lowest BCUT2D eigenvalue weighted by Crippen LogP contribution is -2.21. The normalized spacial score (nSPS) is 10.0. The molecule has 0 heterocycles. The van der Waals surface area contributed by atoms with E-state index in [1.165, 1.54) is 0 Å². The van der Waals surface area contributed by atoms with Crippen molar-refractivity contribution >= 4 is 23.3 Å². The molecule has 5 nitrogen and oxygen atoms in total. The van der Waals surface area contributed by atoms with Crippen LogP contribution in [0.3, 0.4) is 0 Å². The molecule has 120 valence electrons. The molecular formula is C18H20N2O3. The van der Waals surface area contributed by atoms with Crippen molar-refractivity contribution in [2.24, 2.45) is 0 Å². The Morgan fingerprint density at radius 3 is 2.43 bits per heavy atom. The number of hydrogen-bond acceptors (Lipinski definition) is 4. The summed E-state index contributed by atoms with van der Waals surface area (Å²) in [6, 6.07) is 14.4. The lowest BCUT2D eigenvalue weighted by atomic mass is 10.2. The molecule has 2 aromatic rings. The average Bonchev–Trinajstić information content (AvgIpc) is 2.55. The van der Waals surface area contributed by atoms with Gasteiger partial charge in [-0.05, 0) is 37.3 Å². The van der Waals surface area contributed by atoms with Crippen molar-refractivity contribution in [3.63, 3.8) is 0 Å². The van der Waals surface area contributed by atoms with Crippen LogP contribution in [0.2, 0.25) is 0 Å². The van der Waals surface area contributed by atoms with Gasteiger partial charge < -0.3 is 15.0 Å². The molecule has 0 fully saturated rings. The van der Waals surface area contributed by atoms with Crippen LogP contribution in [0.25, 0.3) is 0 Å². The van der Waals surface area contributed by atoms with Gasteiger partial charge in [-0.3, -0.25) is 4.79 Å². The molecule has 0 radical (unpaired) electrons. The minimum absolute atomic E-state index is 0.321. The molecule has 0 aromatic heterocycles. The molecule has 2 rings (SSSR count). The lowest BCUT2D eigenvalue weighted by molar-refractivity contribution is -0.119.